The summed E-state index contributed by atoms with van der Waals surface area (Å²) >= 11 is 0. The smallest absolute Gasteiger partial charge is 0.0270 e. The quantitative estimate of drug-likeness (QED) is 0.474. The van der Waals surface area contributed by atoms with E-state index in [2.05, 4.69) is 63.5 Å². The van der Waals surface area contributed by atoms with Crippen LogP contribution < -0.4 is 0 Å². The molecular weight excluding hydrogens is 180 g/mol. The molecular formula is C15H18. The molecule has 0 aliphatic rings. The minimum absolute atomic E-state index is 0.215. The highest BCUT2D eigenvalue weighted by molar-refractivity contribution is 5.38. The fraction of sp³-hybridized carbons (Fsp3) is 0.333. The fourth-order valence-corrected chi connectivity index (χ4v) is 1.28. The van der Waals surface area contributed by atoms with Crippen molar-refractivity contribution >= 4 is 0 Å². The molecule has 0 amide bonds. The summed E-state index contributed by atoms with van der Waals surface area (Å²) < 4.78 is 0. The maximum atomic E-state index is 3.64. The van der Waals surface area contributed by atoms with E-state index in [9.17, 15) is 0 Å². The van der Waals surface area contributed by atoms with Gasteiger partial charge in [0.05, 0.1) is 0 Å². The Morgan fingerprint density at radius 1 is 1.20 bits per heavy atom. The van der Waals surface area contributed by atoms with Crippen LogP contribution in [0.2, 0.25) is 0 Å². The summed E-state index contributed by atoms with van der Waals surface area (Å²) in [4.78, 5) is 0. The minimum atomic E-state index is 0.215. The summed E-state index contributed by atoms with van der Waals surface area (Å²) in [6, 6.07) is 8.46. The van der Waals surface area contributed by atoms with Crippen LogP contribution >= 0.6 is 0 Å². The van der Waals surface area contributed by atoms with E-state index >= 15 is 0 Å². The van der Waals surface area contributed by atoms with Crippen LogP contribution in [-0.2, 0) is 5.41 Å². The Labute approximate surface area is 93.0 Å². The first kappa shape index (κ1) is 11.6. The molecule has 0 spiro atoms. The van der Waals surface area contributed by atoms with Crippen LogP contribution in [-0.4, -0.2) is 0 Å². The van der Waals surface area contributed by atoms with Crippen molar-refractivity contribution in [1.29, 1.82) is 0 Å². The molecule has 1 aromatic rings. The molecule has 0 N–H and O–H groups in total. The van der Waals surface area contributed by atoms with E-state index in [1.807, 2.05) is 6.08 Å². The third-order valence-corrected chi connectivity index (χ3v) is 2.23. The van der Waals surface area contributed by atoms with Gasteiger partial charge in [0.15, 0.2) is 0 Å². The van der Waals surface area contributed by atoms with Gasteiger partial charge in [0, 0.05) is 12.0 Å². The van der Waals surface area contributed by atoms with Gasteiger partial charge in [-0.3, -0.25) is 0 Å². The van der Waals surface area contributed by atoms with Gasteiger partial charge in [0.2, 0.25) is 0 Å². The van der Waals surface area contributed by atoms with Crippen molar-refractivity contribution in [1.82, 2.24) is 0 Å². The van der Waals surface area contributed by atoms with Crippen LogP contribution in [0.4, 0.5) is 0 Å². The fourth-order valence-electron chi connectivity index (χ4n) is 1.28. The molecule has 0 aliphatic carbocycles. The van der Waals surface area contributed by atoms with Gasteiger partial charge in [0.1, 0.15) is 0 Å². The van der Waals surface area contributed by atoms with Crippen LogP contribution in [0.5, 0.6) is 0 Å². The van der Waals surface area contributed by atoms with E-state index in [-0.39, 0.29) is 5.41 Å². The van der Waals surface area contributed by atoms with Crippen molar-refractivity contribution < 1.29 is 0 Å². The van der Waals surface area contributed by atoms with Crippen molar-refractivity contribution in [3.05, 3.63) is 48.0 Å². The van der Waals surface area contributed by atoms with Crippen molar-refractivity contribution in [3.8, 4) is 11.8 Å². The Bertz CT molecular complexity index is 377. The number of allylic oxidation sites excluding steroid dienone is 1. The largest absolute Gasteiger partial charge is 0.102 e. The van der Waals surface area contributed by atoms with E-state index < -0.39 is 0 Å². The van der Waals surface area contributed by atoms with E-state index in [0.29, 0.717) is 0 Å². The summed E-state index contributed by atoms with van der Waals surface area (Å²) in [6.07, 6.45) is 2.57. The molecule has 78 valence electrons. The highest BCUT2D eigenvalue weighted by Crippen LogP contribution is 2.21. The lowest BCUT2D eigenvalue weighted by atomic mass is 9.87. The van der Waals surface area contributed by atoms with Gasteiger partial charge < -0.3 is 0 Å². The molecule has 0 fully saturated rings. The van der Waals surface area contributed by atoms with Gasteiger partial charge in [0.25, 0.3) is 0 Å². The van der Waals surface area contributed by atoms with Crippen molar-refractivity contribution in [2.45, 2.75) is 32.6 Å². The first-order valence-electron chi connectivity index (χ1n) is 5.24. The Kier molecular flexibility index (Phi) is 3.74. The summed E-state index contributed by atoms with van der Waals surface area (Å²) in [7, 11) is 0. The molecule has 1 rings (SSSR count). The average Bonchev–Trinajstić information content (AvgIpc) is 2.18. The number of hydrogen-bond donors (Lipinski definition) is 0. The molecule has 0 saturated carbocycles. The number of rotatable bonds is 1. The molecule has 0 saturated heterocycles. The second-order valence-electron chi connectivity index (χ2n) is 4.62. The monoisotopic (exact) mass is 198 g/mol. The molecule has 0 heterocycles. The summed E-state index contributed by atoms with van der Waals surface area (Å²) in [5, 5.41) is 0. The van der Waals surface area contributed by atoms with E-state index in [1.54, 1.807) is 0 Å². The molecule has 0 unspecified atom stereocenters. The predicted octanol–water partition coefficient (Wildman–Crippen LogP) is 3.91. The molecule has 0 bridgehead atoms. The van der Waals surface area contributed by atoms with Gasteiger partial charge in [-0.05, 0) is 23.1 Å². The van der Waals surface area contributed by atoms with Crippen molar-refractivity contribution in [2.75, 3.05) is 0 Å². The predicted molar refractivity (Wildman–Crippen MR) is 66.8 cm³/mol. The van der Waals surface area contributed by atoms with Gasteiger partial charge in [-0.25, -0.2) is 0 Å². The lowest BCUT2D eigenvalue weighted by Gasteiger charge is -2.18. The summed E-state index contributed by atoms with van der Waals surface area (Å²) in [5.41, 5.74) is 2.63. The maximum Gasteiger partial charge on any atom is 0.0270 e. The van der Waals surface area contributed by atoms with E-state index in [0.717, 1.165) is 12.0 Å². The Morgan fingerprint density at radius 2 is 1.80 bits per heavy atom. The lowest BCUT2D eigenvalue weighted by molar-refractivity contribution is 0.590. The average molecular weight is 198 g/mol. The van der Waals surface area contributed by atoms with E-state index in [1.165, 1.54) is 5.56 Å². The van der Waals surface area contributed by atoms with Gasteiger partial charge in [-0.2, -0.15) is 0 Å². The molecule has 0 radical (unpaired) electrons. The highest BCUT2D eigenvalue weighted by Gasteiger charge is 2.12. The van der Waals surface area contributed by atoms with Crippen LogP contribution in [0.15, 0.2) is 36.9 Å². The Morgan fingerprint density at radius 3 is 2.27 bits per heavy atom. The third kappa shape index (κ3) is 3.64. The van der Waals surface area contributed by atoms with Crippen LogP contribution in [0.25, 0.3) is 0 Å². The molecule has 15 heavy (non-hydrogen) atoms. The lowest BCUT2D eigenvalue weighted by Crippen LogP contribution is -2.10. The molecule has 0 nitrogen and oxygen atoms in total. The topological polar surface area (TPSA) is 0 Å². The molecule has 0 atom stereocenters. The molecule has 1 aromatic carbocycles. The first-order chi connectivity index (χ1) is 7.04. The third-order valence-electron chi connectivity index (χ3n) is 2.23. The van der Waals surface area contributed by atoms with Crippen LogP contribution in [0.3, 0.4) is 0 Å². The van der Waals surface area contributed by atoms with Crippen molar-refractivity contribution in [3.63, 3.8) is 0 Å². The SMILES string of the molecule is C=CCC#Cc1ccc(C(C)(C)C)cc1. The van der Waals surface area contributed by atoms with Gasteiger partial charge >= 0.3 is 0 Å². The highest BCUT2D eigenvalue weighted by atomic mass is 14.2. The number of benzene rings is 1. The number of hydrogen-bond acceptors (Lipinski definition) is 0. The molecule has 0 heteroatoms. The Hall–Kier alpha value is -1.48. The summed E-state index contributed by atoms with van der Waals surface area (Å²) in [5.74, 6) is 6.14. The normalized spacial score (nSPS) is 10.3. The van der Waals surface area contributed by atoms with Crippen LogP contribution in [0.1, 0.15) is 38.3 Å². The Balaban J connectivity index is 2.83. The molecule has 0 aromatic heterocycles. The first-order valence-corrected chi connectivity index (χ1v) is 5.24. The zero-order valence-electron chi connectivity index (χ0n) is 9.80. The summed E-state index contributed by atoms with van der Waals surface area (Å²) in [6.45, 7) is 10.3. The van der Waals surface area contributed by atoms with Crippen molar-refractivity contribution in [2.24, 2.45) is 0 Å². The zero-order chi connectivity index (χ0) is 11.3. The van der Waals surface area contributed by atoms with Gasteiger partial charge in [-0.1, -0.05) is 50.8 Å². The van der Waals surface area contributed by atoms with E-state index in [4.69, 9.17) is 0 Å². The second-order valence-corrected chi connectivity index (χ2v) is 4.62. The molecule has 0 aliphatic heterocycles. The maximum absolute atomic E-state index is 3.64. The van der Waals surface area contributed by atoms with Gasteiger partial charge in [-0.15, -0.1) is 6.58 Å². The van der Waals surface area contributed by atoms with Crippen LogP contribution in [0, 0.1) is 11.8 Å². The zero-order valence-corrected chi connectivity index (χ0v) is 9.80. The minimum Gasteiger partial charge on any atom is -0.102 e. The standard InChI is InChI=1S/C15H18/c1-5-6-7-8-13-9-11-14(12-10-13)15(2,3)4/h5,9-12H,1,6H2,2-4H3. The second kappa shape index (κ2) is 4.84.